The molecule has 1 atom stereocenters. The SMILES string of the molecule is Cc1cnc(C(=O)N2CCC(n3cc(-c4ccccc4)nn3)C2)cn1. The zero-order chi connectivity index (χ0) is 17.2. The Morgan fingerprint density at radius 1 is 1.16 bits per heavy atom. The third-order valence-electron chi connectivity index (χ3n) is 4.40. The Hall–Kier alpha value is -3.09. The fourth-order valence-corrected chi connectivity index (χ4v) is 3.00. The highest BCUT2D eigenvalue weighted by atomic mass is 16.2. The largest absolute Gasteiger partial charge is 0.335 e. The molecule has 1 unspecified atom stereocenters. The van der Waals surface area contributed by atoms with E-state index in [1.807, 2.05) is 48.1 Å². The molecule has 7 nitrogen and oxygen atoms in total. The average Bonchev–Trinajstić information content (AvgIpc) is 3.32. The minimum atomic E-state index is -0.0848. The Balaban J connectivity index is 1.47. The first-order valence-corrected chi connectivity index (χ1v) is 8.26. The monoisotopic (exact) mass is 334 g/mol. The van der Waals surface area contributed by atoms with Crippen LogP contribution in [0.2, 0.25) is 0 Å². The van der Waals surface area contributed by atoms with Crippen LogP contribution in [0.5, 0.6) is 0 Å². The van der Waals surface area contributed by atoms with Gasteiger partial charge in [0.15, 0.2) is 0 Å². The predicted molar refractivity (Wildman–Crippen MR) is 91.8 cm³/mol. The van der Waals surface area contributed by atoms with Crippen LogP contribution in [0.4, 0.5) is 0 Å². The lowest BCUT2D eigenvalue weighted by atomic mass is 10.2. The molecule has 0 spiro atoms. The molecular weight excluding hydrogens is 316 g/mol. The standard InChI is InChI=1S/C18H18N6O/c1-13-9-20-16(10-19-13)18(25)23-8-7-15(11-23)24-12-17(21-22-24)14-5-3-2-4-6-14/h2-6,9-10,12,15H,7-8,11H2,1H3. The molecule has 1 aliphatic rings. The van der Waals surface area contributed by atoms with E-state index >= 15 is 0 Å². The Morgan fingerprint density at radius 2 is 2.00 bits per heavy atom. The van der Waals surface area contributed by atoms with Crippen molar-refractivity contribution < 1.29 is 4.79 Å². The second kappa shape index (κ2) is 6.43. The Kier molecular flexibility index (Phi) is 3.97. The lowest BCUT2D eigenvalue weighted by Crippen LogP contribution is -2.30. The summed E-state index contributed by atoms with van der Waals surface area (Å²) < 4.78 is 1.86. The molecule has 7 heteroatoms. The van der Waals surface area contributed by atoms with Gasteiger partial charge in [0.25, 0.3) is 5.91 Å². The van der Waals surface area contributed by atoms with Gasteiger partial charge in [-0.15, -0.1) is 5.10 Å². The van der Waals surface area contributed by atoms with Crippen LogP contribution in [0.1, 0.15) is 28.6 Å². The molecule has 126 valence electrons. The normalized spacial score (nSPS) is 17.0. The Bertz CT molecular complexity index is 874. The van der Waals surface area contributed by atoms with Gasteiger partial charge in [-0.2, -0.15) is 0 Å². The van der Waals surface area contributed by atoms with E-state index in [1.54, 1.807) is 11.1 Å². The fourth-order valence-electron chi connectivity index (χ4n) is 3.00. The summed E-state index contributed by atoms with van der Waals surface area (Å²) in [5, 5.41) is 8.51. The number of carbonyl (C=O) groups excluding carboxylic acids is 1. The molecule has 1 amide bonds. The van der Waals surface area contributed by atoms with Crippen molar-refractivity contribution in [1.82, 2.24) is 29.9 Å². The van der Waals surface area contributed by atoms with Crippen molar-refractivity contribution in [1.29, 1.82) is 0 Å². The van der Waals surface area contributed by atoms with E-state index in [9.17, 15) is 4.79 Å². The molecule has 0 N–H and O–H groups in total. The van der Waals surface area contributed by atoms with Crippen molar-refractivity contribution in [2.24, 2.45) is 0 Å². The third kappa shape index (κ3) is 3.13. The van der Waals surface area contributed by atoms with E-state index in [-0.39, 0.29) is 11.9 Å². The number of nitrogens with zero attached hydrogens (tertiary/aromatic N) is 6. The smallest absolute Gasteiger partial charge is 0.274 e. The third-order valence-corrected chi connectivity index (χ3v) is 4.40. The average molecular weight is 334 g/mol. The minimum absolute atomic E-state index is 0.0848. The van der Waals surface area contributed by atoms with Crippen LogP contribution < -0.4 is 0 Å². The van der Waals surface area contributed by atoms with Crippen molar-refractivity contribution in [2.75, 3.05) is 13.1 Å². The number of likely N-dealkylation sites (tertiary alicyclic amines) is 1. The zero-order valence-corrected chi connectivity index (χ0v) is 13.9. The van der Waals surface area contributed by atoms with Gasteiger partial charge in [0, 0.05) is 24.8 Å². The van der Waals surface area contributed by atoms with Gasteiger partial charge in [0.2, 0.25) is 0 Å². The van der Waals surface area contributed by atoms with E-state index in [0.717, 1.165) is 23.4 Å². The highest BCUT2D eigenvalue weighted by molar-refractivity contribution is 5.92. The van der Waals surface area contributed by atoms with E-state index in [0.29, 0.717) is 18.8 Å². The van der Waals surface area contributed by atoms with Gasteiger partial charge >= 0.3 is 0 Å². The molecule has 1 fully saturated rings. The molecule has 2 aromatic heterocycles. The van der Waals surface area contributed by atoms with Crippen LogP contribution in [0.25, 0.3) is 11.3 Å². The van der Waals surface area contributed by atoms with Crippen molar-refractivity contribution in [2.45, 2.75) is 19.4 Å². The predicted octanol–water partition coefficient (Wildman–Crippen LogP) is 2.13. The molecular formula is C18H18N6O. The number of aryl methyl sites for hydroxylation is 1. The highest BCUT2D eigenvalue weighted by Crippen LogP contribution is 2.24. The number of hydrogen-bond donors (Lipinski definition) is 0. The molecule has 1 aromatic carbocycles. The summed E-state index contributed by atoms with van der Waals surface area (Å²) in [6.45, 7) is 3.13. The lowest BCUT2D eigenvalue weighted by Gasteiger charge is -2.15. The topological polar surface area (TPSA) is 76.8 Å². The quantitative estimate of drug-likeness (QED) is 0.733. The second-order valence-electron chi connectivity index (χ2n) is 6.19. The van der Waals surface area contributed by atoms with Crippen LogP contribution in [-0.4, -0.2) is 48.9 Å². The minimum Gasteiger partial charge on any atom is -0.335 e. The van der Waals surface area contributed by atoms with Gasteiger partial charge in [0.05, 0.1) is 24.1 Å². The summed E-state index contributed by atoms with van der Waals surface area (Å²) in [6.07, 6.45) is 5.95. The van der Waals surface area contributed by atoms with E-state index < -0.39 is 0 Å². The zero-order valence-electron chi connectivity index (χ0n) is 13.9. The molecule has 0 aliphatic carbocycles. The molecule has 0 bridgehead atoms. The maximum absolute atomic E-state index is 12.5. The van der Waals surface area contributed by atoms with Gasteiger partial charge in [-0.3, -0.25) is 9.78 Å². The number of amides is 1. The summed E-state index contributed by atoms with van der Waals surface area (Å²) in [5.41, 5.74) is 3.06. The summed E-state index contributed by atoms with van der Waals surface area (Å²) in [5.74, 6) is -0.0848. The molecule has 1 saturated heterocycles. The Labute approximate surface area is 145 Å². The van der Waals surface area contributed by atoms with E-state index in [1.165, 1.54) is 6.20 Å². The van der Waals surface area contributed by atoms with E-state index in [2.05, 4.69) is 20.3 Å². The maximum atomic E-state index is 12.5. The molecule has 4 rings (SSSR count). The fraction of sp³-hybridized carbons (Fsp3) is 0.278. The summed E-state index contributed by atoms with van der Waals surface area (Å²) in [4.78, 5) is 22.7. The number of hydrogen-bond acceptors (Lipinski definition) is 5. The van der Waals surface area contributed by atoms with Crippen LogP contribution in [0.15, 0.2) is 48.9 Å². The van der Waals surface area contributed by atoms with Gasteiger partial charge in [0.1, 0.15) is 11.4 Å². The van der Waals surface area contributed by atoms with Gasteiger partial charge in [-0.1, -0.05) is 35.5 Å². The van der Waals surface area contributed by atoms with E-state index in [4.69, 9.17) is 0 Å². The summed E-state index contributed by atoms with van der Waals surface area (Å²) >= 11 is 0. The van der Waals surface area contributed by atoms with Gasteiger partial charge < -0.3 is 4.90 Å². The first kappa shape index (κ1) is 15.4. The van der Waals surface area contributed by atoms with Crippen LogP contribution in [0, 0.1) is 6.92 Å². The van der Waals surface area contributed by atoms with Crippen molar-refractivity contribution in [3.8, 4) is 11.3 Å². The first-order valence-electron chi connectivity index (χ1n) is 8.26. The van der Waals surface area contributed by atoms with Gasteiger partial charge in [-0.25, -0.2) is 9.67 Å². The Morgan fingerprint density at radius 3 is 2.76 bits per heavy atom. The van der Waals surface area contributed by atoms with Crippen LogP contribution >= 0.6 is 0 Å². The molecule has 0 radical (unpaired) electrons. The molecule has 0 saturated carbocycles. The van der Waals surface area contributed by atoms with Crippen molar-refractivity contribution in [3.63, 3.8) is 0 Å². The highest BCUT2D eigenvalue weighted by Gasteiger charge is 2.29. The second-order valence-corrected chi connectivity index (χ2v) is 6.19. The van der Waals surface area contributed by atoms with Crippen LogP contribution in [-0.2, 0) is 0 Å². The molecule has 1 aliphatic heterocycles. The lowest BCUT2D eigenvalue weighted by molar-refractivity contribution is 0.0780. The first-order chi connectivity index (χ1) is 12.2. The van der Waals surface area contributed by atoms with Gasteiger partial charge in [-0.05, 0) is 13.3 Å². The molecule has 3 heterocycles. The van der Waals surface area contributed by atoms with Crippen molar-refractivity contribution >= 4 is 5.91 Å². The number of rotatable bonds is 3. The molecule has 25 heavy (non-hydrogen) atoms. The number of aromatic nitrogens is 5. The summed E-state index contributed by atoms with van der Waals surface area (Å²) in [7, 11) is 0. The maximum Gasteiger partial charge on any atom is 0.274 e. The summed E-state index contributed by atoms with van der Waals surface area (Å²) in [6, 6.07) is 10.1. The number of carbonyl (C=O) groups is 1. The molecule has 3 aromatic rings. The van der Waals surface area contributed by atoms with Crippen molar-refractivity contribution in [3.05, 3.63) is 60.3 Å². The number of benzene rings is 1. The van der Waals surface area contributed by atoms with Crippen LogP contribution in [0.3, 0.4) is 0 Å².